The Morgan fingerprint density at radius 3 is 3.06 bits per heavy atom. The Morgan fingerprint density at radius 2 is 2.31 bits per heavy atom. The van der Waals surface area contributed by atoms with Gasteiger partial charge in [-0.25, -0.2) is 4.79 Å². The maximum absolute atomic E-state index is 10.3. The van der Waals surface area contributed by atoms with Crippen molar-refractivity contribution in [1.29, 1.82) is 0 Å². The minimum Gasteiger partial charge on any atom is -0.492 e. The van der Waals surface area contributed by atoms with E-state index in [0.717, 1.165) is 5.39 Å². The van der Waals surface area contributed by atoms with Gasteiger partial charge in [0, 0.05) is 11.6 Å². The number of ether oxygens (including phenoxy) is 1. The summed E-state index contributed by atoms with van der Waals surface area (Å²) in [5.74, 6) is 0.697. The van der Waals surface area contributed by atoms with Crippen LogP contribution >= 0.6 is 0 Å². The van der Waals surface area contributed by atoms with Gasteiger partial charge in [0.2, 0.25) is 6.08 Å². The van der Waals surface area contributed by atoms with Gasteiger partial charge in [0.05, 0.1) is 12.3 Å². The summed E-state index contributed by atoms with van der Waals surface area (Å²) in [6.07, 6.45) is 3.21. The molecule has 0 fully saturated rings. The molecule has 0 radical (unpaired) electrons. The van der Waals surface area contributed by atoms with Crippen molar-refractivity contribution in [2.45, 2.75) is 6.92 Å². The van der Waals surface area contributed by atoms with Gasteiger partial charge in [-0.05, 0) is 31.2 Å². The molecule has 1 aromatic carbocycles. The van der Waals surface area contributed by atoms with Crippen LogP contribution in [0.25, 0.3) is 10.9 Å². The third-order valence-electron chi connectivity index (χ3n) is 2.18. The Morgan fingerprint density at radius 1 is 1.44 bits per heavy atom. The number of nitrogens with zero attached hydrogens (tertiary/aromatic N) is 2. The molecule has 1 aromatic heterocycles. The lowest BCUT2D eigenvalue weighted by molar-refractivity contribution is 0.343. The highest BCUT2D eigenvalue weighted by atomic mass is 16.5. The second-order valence-electron chi connectivity index (χ2n) is 3.12. The number of pyridine rings is 1. The summed E-state index contributed by atoms with van der Waals surface area (Å²) in [6, 6.07) is 7.12. The van der Waals surface area contributed by atoms with E-state index in [9.17, 15) is 4.79 Å². The third-order valence-corrected chi connectivity index (χ3v) is 2.18. The van der Waals surface area contributed by atoms with Crippen LogP contribution in [0.1, 0.15) is 6.92 Å². The normalized spacial score (nSPS) is 9.81. The standard InChI is InChI=1S/C12H10N2O2/c1-2-16-11-6-5-10(14-8-15)9-4-3-7-13-12(9)11/h3-7H,2H2,1H3. The number of aromatic nitrogens is 1. The van der Waals surface area contributed by atoms with Crippen LogP contribution in [-0.4, -0.2) is 17.7 Å². The molecule has 2 rings (SSSR count). The highest BCUT2D eigenvalue weighted by Crippen LogP contribution is 2.31. The highest BCUT2D eigenvalue weighted by molar-refractivity contribution is 5.94. The number of hydrogen-bond donors (Lipinski definition) is 0. The molecule has 2 aromatic rings. The number of benzene rings is 1. The number of hydrogen-bond acceptors (Lipinski definition) is 4. The van der Waals surface area contributed by atoms with Crippen molar-refractivity contribution >= 4 is 22.7 Å². The molecular formula is C12H10N2O2. The predicted octanol–water partition coefficient (Wildman–Crippen LogP) is 2.60. The van der Waals surface area contributed by atoms with E-state index in [1.165, 1.54) is 6.08 Å². The number of fused-ring (bicyclic) bond motifs is 1. The van der Waals surface area contributed by atoms with Crippen LogP contribution in [0.15, 0.2) is 35.5 Å². The zero-order valence-electron chi connectivity index (χ0n) is 8.80. The van der Waals surface area contributed by atoms with Crippen LogP contribution in [0.3, 0.4) is 0 Å². The van der Waals surface area contributed by atoms with Gasteiger partial charge in [-0.15, -0.1) is 0 Å². The van der Waals surface area contributed by atoms with Gasteiger partial charge in [-0.1, -0.05) is 0 Å². The summed E-state index contributed by atoms with van der Waals surface area (Å²) < 4.78 is 5.45. The first-order valence-electron chi connectivity index (χ1n) is 4.95. The SMILES string of the molecule is CCOc1ccc(N=C=O)c2cccnc12. The maximum atomic E-state index is 10.3. The largest absolute Gasteiger partial charge is 0.492 e. The number of rotatable bonds is 3. The Hall–Kier alpha value is -2.19. The Kier molecular flexibility index (Phi) is 2.94. The molecule has 0 saturated heterocycles. The molecule has 0 atom stereocenters. The number of aliphatic imine (C=N–C) groups is 1. The van der Waals surface area contributed by atoms with Crippen molar-refractivity contribution in [2.24, 2.45) is 4.99 Å². The Balaban J connectivity index is 2.71. The minimum absolute atomic E-state index is 0.557. The van der Waals surface area contributed by atoms with E-state index in [0.29, 0.717) is 23.6 Å². The lowest BCUT2D eigenvalue weighted by Gasteiger charge is -2.07. The zero-order chi connectivity index (χ0) is 11.4. The Bertz CT molecular complexity index is 560. The fourth-order valence-corrected chi connectivity index (χ4v) is 1.55. The van der Waals surface area contributed by atoms with E-state index < -0.39 is 0 Å². The van der Waals surface area contributed by atoms with E-state index in [2.05, 4.69) is 9.98 Å². The number of carbonyl (C=O) groups excluding carboxylic acids is 1. The first-order valence-corrected chi connectivity index (χ1v) is 4.95. The minimum atomic E-state index is 0.557. The molecule has 0 aliphatic heterocycles. The van der Waals surface area contributed by atoms with Gasteiger partial charge in [0.15, 0.2) is 0 Å². The van der Waals surface area contributed by atoms with Crippen LogP contribution in [0.5, 0.6) is 5.75 Å². The summed E-state index contributed by atoms with van der Waals surface area (Å²) in [4.78, 5) is 18.1. The van der Waals surface area contributed by atoms with Crippen LogP contribution in [-0.2, 0) is 4.79 Å². The molecule has 0 amide bonds. The van der Waals surface area contributed by atoms with Gasteiger partial charge < -0.3 is 4.74 Å². The second kappa shape index (κ2) is 4.55. The van der Waals surface area contributed by atoms with Gasteiger partial charge >= 0.3 is 0 Å². The first-order chi connectivity index (χ1) is 7.86. The van der Waals surface area contributed by atoms with Crippen molar-refractivity contribution in [3.8, 4) is 5.75 Å². The lowest BCUT2D eigenvalue weighted by atomic mass is 10.1. The molecule has 1 heterocycles. The quantitative estimate of drug-likeness (QED) is 0.583. The maximum Gasteiger partial charge on any atom is 0.240 e. The van der Waals surface area contributed by atoms with Crippen molar-refractivity contribution in [3.05, 3.63) is 30.5 Å². The number of isocyanates is 1. The average Bonchev–Trinajstić information content (AvgIpc) is 2.33. The van der Waals surface area contributed by atoms with E-state index in [4.69, 9.17) is 4.74 Å². The molecule has 16 heavy (non-hydrogen) atoms. The van der Waals surface area contributed by atoms with E-state index in [-0.39, 0.29) is 0 Å². The van der Waals surface area contributed by atoms with Gasteiger partial charge in [0.1, 0.15) is 11.3 Å². The zero-order valence-corrected chi connectivity index (χ0v) is 8.80. The van der Waals surface area contributed by atoms with Gasteiger partial charge in [-0.2, -0.15) is 4.99 Å². The van der Waals surface area contributed by atoms with Crippen LogP contribution < -0.4 is 4.74 Å². The first kappa shape index (κ1) is 10.3. The summed E-state index contributed by atoms with van der Waals surface area (Å²) in [5.41, 5.74) is 1.27. The topological polar surface area (TPSA) is 51.5 Å². The Labute approximate surface area is 92.6 Å². The smallest absolute Gasteiger partial charge is 0.240 e. The molecule has 0 N–H and O–H groups in total. The average molecular weight is 214 g/mol. The molecule has 0 unspecified atom stereocenters. The highest BCUT2D eigenvalue weighted by Gasteiger charge is 2.06. The van der Waals surface area contributed by atoms with Crippen molar-refractivity contribution < 1.29 is 9.53 Å². The third kappa shape index (κ3) is 1.78. The molecule has 4 heteroatoms. The monoisotopic (exact) mass is 214 g/mol. The predicted molar refractivity (Wildman–Crippen MR) is 60.7 cm³/mol. The molecule has 0 saturated carbocycles. The molecule has 80 valence electrons. The van der Waals surface area contributed by atoms with Crippen LogP contribution in [0.4, 0.5) is 5.69 Å². The summed E-state index contributed by atoms with van der Waals surface area (Å²) in [6.45, 7) is 2.48. The van der Waals surface area contributed by atoms with Gasteiger partial charge in [-0.3, -0.25) is 4.98 Å². The van der Waals surface area contributed by atoms with Crippen LogP contribution in [0, 0.1) is 0 Å². The van der Waals surface area contributed by atoms with Crippen molar-refractivity contribution in [2.75, 3.05) is 6.61 Å². The molecule has 0 bridgehead atoms. The fourth-order valence-electron chi connectivity index (χ4n) is 1.55. The fraction of sp³-hybridized carbons (Fsp3) is 0.167. The summed E-state index contributed by atoms with van der Waals surface area (Å²) >= 11 is 0. The van der Waals surface area contributed by atoms with E-state index >= 15 is 0 Å². The van der Waals surface area contributed by atoms with Crippen molar-refractivity contribution in [3.63, 3.8) is 0 Å². The molecular weight excluding hydrogens is 204 g/mol. The van der Waals surface area contributed by atoms with Crippen LogP contribution in [0.2, 0.25) is 0 Å². The second-order valence-corrected chi connectivity index (χ2v) is 3.12. The molecule has 4 nitrogen and oxygen atoms in total. The summed E-state index contributed by atoms with van der Waals surface area (Å²) in [7, 11) is 0. The molecule has 0 aliphatic carbocycles. The lowest BCUT2D eigenvalue weighted by Crippen LogP contribution is -1.93. The molecule has 0 spiro atoms. The van der Waals surface area contributed by atoms with E-state index in [1.54, 1.807) is 24.4 Å². The molecule has 0 aliphatic rings. The van der Waals surface area contributed by atoms with E-state index in [1.807, 2.05) is 13.0 Å². The van der Waals surface area contributed by atoms with Gasteiger partial charge in [0.25, 0.3) is 0 Å². The summed E-state index contributed by atoms with van der Waals surface area (Å²) in [5, 5.41) is 0.789. The van der Waals surface area contributed by atoms with Crippen molar-refractivity contribution in [1.82, 2.24) is 4.98 Å².